The van der Waals surface area contributed by atoms with Crippen LogP contribution in [0.5, 0.6) is 0 Å². The topological polar surface area (TPSA) is 80.4 Å². The quantitative estimate of drug-likeness (QED) is 0.750. The maximum absolute atomic E-state index is 10.9. The van der Waals surface area contributed by atoms with Gasteiger partial charge in [0.15, 0.2) is 0 Å². The highest BCUT2D eigenvalue weighted by Crippen LogP contribution is 2.15. The van der Waals surface area contributed by atoms with Crippen LogP contribution in [0.15, 0.2) is 24.3 Å². The fourth-order valence-corrected chi connectivity index (χ4v) is 1.11. The van der Waals surface area contributed by atoms with Crippen molar-refractivity contribution >= 4 is 11.9 Å². The molecule has 0 spiro atoms. The number of carbonyl (C=O) groups excluding carboxylic acids is 1. The van der Waals surface area contributed by atoms with Gasteiger partial charge in [0.1, 0.15) is 0 Å². The van der Waals surface area contributed by atoms with Gasteiger partial charge in [-0.1, -0.05) is 12.1 Å². The van der Waals surface area contributed by atoms with Gasteiger partial charge in [0.25, 0.3) is 0 Å². The first kappa shape index (κ1) is 10.2. The number of hydrogen-bond acceptors (Lipinski definition) is 2. The zero-order valence-electron chi connectivity index (χ0n) is 7.73. The summed E-state index contributed by atoms with van der Waals surface area (Å²) < 4.78 is 0. The number of amides is 1. The predicted octanol–water partition coefficient (Wildman–Crippen LogP) is 0.974. The van der Waals surface area contributed by atoms with E-state index in [1.54, 1.807) is 19.1 Å². The van der Waals surface area contributed by atoms with Gasteiger partial charge < -0.3 is 10.8 Å². The van der Waals surface area contributed by atoms with Gasteiger partial charge in [-0.05, 0) is 24.6 Å². The van der Waals surface area contributed by atoms with E-state index < -0.39 is 17.8 Å². The fraction of sp³-hybridized carbons (Fsp3) is 0.200. The molecule has 1 amide bonds. The maximum atomic E-state index is 10.9. The Labute approximate surface area is 81.3 Å². The number of carboxylic acid groups (broad SMARTS) is 1. The van der Waals surface area contributed by atoms with Crippen molar-refractivity contribution in [2.24, 2.45) is 5.73 Å². The number of primary amides is 1. The highest BCUT2D eigenvalue weighted by atomic mass is 16.4. The third kappa shape index (κ3) is 2.10. The molecular formula is C10H11NO3. The second-order valence-electron chi connectivity index (χ2n) is 3.05. The zero-order valence-corrected chi connectivity index (χ0v) is 7.73. The van der Waals surface area contributed by atoms with Gasteiger partial charge in [-0.3, -0.25) is 4.79 Å². The molecule has 0 aliphatic carbocycles. The first-order valence-corrected chi connectivity index (χ1v) is 4.15. The molecule has 0 aliphatic rings. The molecule has 1 atom stereocenters. The van der Waals surface area contributed by atoms with Crippen molar-refractivity contribution < 1.29 is 14.7 Å². The summed E-state index contributed by atoms with van der Waals surface area (Å²) in [5.41, 5.74) is 5.89. The van der Waals surface area contributed by atoms with E-state index in [1.807, 2.05) is 0 Å². The van der Waals surface area contributed by atoms with Gasteiger partial charge in [-0.25, -0.2) is 4.79 Å². The van der Waals surface area contributed by atoms with Crippen LogP contribution in [0.4, 0.5) is 0 Å². The molecule has 0 aromatic heterocycles. The summed E-state index contributed by atoms with van der Waals surface area (Å²) >= 11 is 0. The molecule has 1 rings (SSSR count). The second-order valence-corrected chi connectivity index (χ2v) is 3.05. The Kier molecular flexibility index (Phi) is 2.86. The minimum Gasteiger partial charge on any atom is -0.478 e. The SMILES string of the molecule is CC(C(N)=O)c1cccc(C(=O)O)c1. The number of rotatable bonds is 3. The number of hydrogen-bond donors (Lipinski definition) is 2. The highest BCUT2D eigenvalue weighted by molar-refractivity contribution is 5.88. The van der Waals surface area contributed by atoms with Gasteiger partial charge in [-0.15, -0.1) is 0 Å². The lowest BCUT2D eigenvalue weighted by molar-refractivity contribution is -0.119. The van der Waals surface area contributed by atoms with Crippen LogP contribution in [0.25, 0.3) is 0 Å². The van der Waals surface area contributed by atoms with Crippen molar-refractivity contribution in [3.8, 4) is 0 Å². The van der Waals surface area contributed by atoms with Crippen LogP contribution in [0.3, 0.4) is 0 Å². The van der Waals surface area contributed by atoms with E-state index in [1.165, 1.54) is 12.1 Å². The molecule has 1 aromatic carbocycles. The first-order chi connectivity index (χ1) is 6.52. The monoisotopic (exact) mass is 193 g/mol. The Morgan fingerprint density at radius 1 is 1.43 bits per heavy atom. The van der Waals surface area contributed by atoms with Crippen LogP contribution in [-0.4, -0.2) is 17.0 Å². The normalized spacial score (nSPS) is 12.1. The maximum Gasteiger partial charge on any atom is 0.335 e. The van der Waals surface area contributed by atoms with Crippen LogP contribution < -0.4 is 5.73 Å². The summed E-state index contributed by atoms with van der Waals surface area (Å²) in [5, 5.41) is 8.71. The predicted molar refractivity (Wildman–Crippen MR) is 51.0 cm³/mol. The van der Waals surface area contributed by atoms with Crippen LogP contribution in [0.2, 0.25) is 0 Å². The summed E-state index contributed by atoms with van der Waals surface area (Å²) in [6, 6.07) is 6.21. The van der Waals surface area contributed by atoms with Crippen molar-refractivity contribution in [3.63, 3.8) is 0 Å². The van der Waals surface area contributed by atoms with Gasteiger partial charge in [0.05, 0.1) is 11.5 Å². The molecule has 0 heterocycles. The summed E-state index contributed by atoms with van der Waals surface area (Å²) in [5.74, 6) is -1.94. The molecule has 0 saturated carbocycles. The lowest BCUT2D eigenvalue weighted by Gasteiger charge is -2.07. The molecule has 0 aliphatic heterocycles. The van der Waals surface area contributed by atoms with E-state index in [-0.39, 0.29) is 5.56 Å². The summed E-state index contributed by atoms with van der Waals surface area (Å²) in [6.45, 7) is 1.64. The smallest absolute Gasteiger partial charge is 0.335 e. The number of carboxylic acids is 1. The van der Waals surface area contributed by atoms with Crippen molar-refractivity contribution in [2.45, 2.75) is 12.8 Å². The number of aromatic carboxylic acids is 1. The van der Waals surface area contributed by atoms with Crippen molar-refractivity contribution in [2.75, 3.05) is 0 Å². The minimum atomic E-state index is -1.01. The Morgan fingerprint density at radius 2 is 2.07 bits per heavy atom. The summed E-state index contributed by atoms with van der Waals surface area (Å²) in [7, 11) is 0. The molecule has 74 valence electrons. The van der Waals surface area contributed by atoms with E-state index in [0.29, 0.717) is 5.56 Å². The Balaban J connectivity index is 3.05. The van der Waals surface area contributed by atoms with Crippen LogP contribution in [-0.2, 0) is 4.79 Å². The average Bonchev–Trinajstić information content (AvgIpc) is 2.16. The highest BCUT2D eigenvalue weighted by Gasteiger charge is 2.13. The van der Waals surface area contributed by atoms with Gasteiger partial charge >= 0.3 is 5.97 Å². The Morgan fingerprint density at radius 3 is 2.57 bits per heavy atom. The van der Waals surface area contributed by atoms with Crippen LogP contribution >= 0.6 is 0 Å². The first-order valence-electron chi connectivity index (χ1n) is 4.15. The molecule has 0 saturated heterocycles. The molecule has 0 radical (unpaired) electrons. The van der Waals surface area contributed by atoms with Crippen molar-refractivity contribution in [1.82, 2.24) is 0 Å². The minimum absolute atomic E-state index is 0.163. The van der Waals surface area contributed by atoms with E-state index in [0.717, 1.165) is 0 Å². The molecule has 0 bridgehead atoms. The number of benzene rings is 1. The Bertz CT molecular complexity index is 373. The van der Waals surface area contributed by atoms with E-state index in [4.69, 9.17) is 10.8 Å². The van der Waals surface area contributed by atoms with Gasteiger partial charge in [-0.2, -0.15) is 0 Å². The number of nitrogens with two attached hydrogens (primary N) is 1. The van der Waals surface area contributed by atoms with Crippen molar-refractivity contribution in [1.29, 1.82) is 0 Å². The molecule has 0 fully saturated rings. The lowest BCUT2D eigenvalue weighted by Crippen LogP contribution is -2.18. The third-order valence-corrected chi connectivity index (χ3v) is 2.06. The van der Waals surface area contributed by atoms with E-state index in [9.17, 15) is 9.59 Å². The number of carbonyl (C=O) groups is 2. The molecule has 1 unspecified atom stereocenters. The fourth-order valence-electron chi connectivity index (χ4n) is 1.11. The standard InChI is InChI=1S/C10H11NO3/c1-6(9(11)12)7-3-2-4-8(5-7)10(13)14/h2-6H,1H3,(H2,11,12)(H,13,14). The largest absolute Gasteiger partial charge is 0.478 e. The van der Waals surface area contributed by atoms with Gasteiger partial charge in [0, 0.05) is 0 Å². The lowest BCUT2D eigenvalue weighted by atomic mass is 9.99. The summed E-state index contributed by atoms with van der Waals surface area (Å²) in [4.78, 5) is 21.5. The van der Waals surface area contributed by atoms with Gasteiger partial charge in [0.2, 0.25) is 5.91 Å². The molecule has 14 heavy (non-hydrogen) atoms. The van der Waals surface area contributed by atoms with E-state index >= 15 is 0 Å². The second kappa shape index (κ2) is 3.91. The molecule has 3 N–H and O–H groups in total. The third-order valence-electron chi connectivity index (χ3n) is 2.06. The molecular weight excluding hydrogens is 182 g/mol. The summed E-state index contributed by atoms with van der Waals surface area (Å²) in [6.07, 6.45) is 0. The molecule has 1 aromatic rings. The van der Waals surface area contributed by atoms with Crippen molar-refractivity contribution in [3.05, 3.63) is 35.4 Å². The molecule has 4 nitrogen and oxygen atoms in total. The molecule has 4 heteroatoms. The van der Waals surface area contributed by atoms with Crippen LogP contribution in [0.1, 0.15) is 28.8 Å². The van der Waals surface area contributed by atoms with E-state index in [2.05, 4.69) is 0 Å². The average molecular weight is 193 g/mol. The van der Waals surface area contributed by atoms with Crippen LogP contribution in [0, 0.1) is 0 Å². The zero-order chi connectivity index (χ0) is 10.7. The Hall–Kier alpha value is -1.84.